The summed E-state index contributed by atoms with van der Waals surface area (Å²) < 4.78 is 0. The molecule has 0 saturated carbocycles. The third-order valence-electron chi connectivity index (χ3n) is 4.65. The van der Waals surface area contributed by atoms with Crippen molar-refractivity contribution >= 4 is 18.3 Å². The molecule has 0 aliphatic rings. The molecule has 0 saturated heterocycles. The van der Waals surface area contributed by atoms with Crippen molar-refractivity contribution < 1.29 is 4.79 Å². The van der Waals surface area contributed by atoms with Crippen LogP contribution in [0.5, 0.6) is 0 Å². The SMILES string of the molecule is CCCCNCC(=O)NC(CC)(Cc1ccccc1)c1ccccc1.Cl. The fraction of sp³-hybridized carbons (Fsp3) is 0.409. The quantitative estimate of drug-likeness (QED) is 0.603. The standard InChI is InChI=1S/C22H30N2O.ClH/c1-3-5-16-23-18-21(25)24-22(4-2,20-14-10-7-11-15-20)17-19-12-8-6-9-13-19;/h6-15,23H,3-5,16-18H2,1-2H3,(H,24,25);1H. The molecule has 0 aliphatic carbocycles. The van der Waals surface area contributed by atoms with Crippen molar-refractivity contribution in [3.8, 4) is 0 Å². The fourth-order valence-corrected chi connectivity index (χ4v) is 3.15. The number of rotatable bonds is 10. The van der Waals surface area contributed by atoms with E-state index in [0.717, 1.165) is 37.8 Å². The fourth-order valence-electron chi connectivity index (χ4n) is 3.15. The minimum absolute atomic E-state index is 0. The Morgan fingerprint density at radius 1 is 0.962 bits per heavy atom. The molecular weight excluding hydrogens is 344 g/mol. The Kier molecular flexibility index (Phi) is 10.0. The smallest absolute Gasteiger partial charge is 0.234 e. The number of hydrogen-bond acceptors (Lipinski definition) is 2. The molecule has 26 heavy (non-hydrogen) atoms. The van der Waals surface area contributed by atoms with Gasteiger partial charge in [-0.2, -0.15) is 0 Å². The molecule has 0 spiro atoms. The molecule has 0 radical (unpaired) electrons. The van der Waals surface area contributed by atoms with Crippen LogP contribution in [0.4, 0.5) is 0 Å². The second kappa shape index (κ2) is 11.7. The number of hydrogen-bond donors (Lipinski definition) is 2. The van der Waals surface area contributed by atoms with Gasteiger partial charge in [-0.05, 0) is 36.9 Å². The van der Waals surface area contributed by atoms with Crippen LogP contribution in [-0.2, 0) is 16.8 Å². The Bertz CT molecular complexity index is 633. The first-order valence-corrected chi connectivity index (χ1v) is 9.31. The van der Waals surface area contributed by atoms with E-state index in [2.05, 4.69) is 60.9 Å². The number of unbranched alkanes of at least 4 members (excludes halogenated alkanes) is 1. The zero-order valence-corrected chi connectivity index (χ0v) is 16.6. The van der Waals surface area contributed by atoms with E-state index in [1.807, 2.05) is 24.3 Å². The molecule has 0 fully saturated rings. The van der Waals surface area contributed by atoms with Gasteiger partial charge in [-0.25, -0.2) is 0 Å². The van der Waals surface area contributed by atoms with E-state index in [-0.39, 0.29) is 23.9 Å². The third-order valence-corrected chi connectivity index (χ3v) is 4.65. The number of benzene rings is 2. The van der Waals surface area contributed by atoms with Crippen LogP contribution in [0.2, 0.25) is 0 Å². The van der Waals surface area contributed by atoms with Crippen molar-refractivity contribution in [1.82, 2.24) is 10.6 Å². The number of halogens is 1. The van der Waals surface area contributed by atoms with Gasteiger partial charge < -0.3 is 10.6 Å². The summed E-state index contributed by atoms with van der Waals surface area (Å²) in [6, 6.07) is 20.7. The van der Waals surface area contributed by atoms with Gasteiger partial charge in [-0.15, -0.1) is 12.4 Å². The molecule has 2 aromatic carbocycles. The minimum Gasteiger partial charge on any atom is -0.345 e. The summed E-state index contributed by atoms with van der Waals surface area (Å²) in [5.41, 5.74) is 2.00. The lowest BCUT2D eigenvalue weighted by molar-refractivity contribution is -0.122. The van der Waals surface area contributed by atoms with Gasteiger partial charge in [0.2, 0.25) is 5.91 Å². The minimum atomic E-state index is -0.383. The molecule has 3 nitrogen and oxygen atoms in total. The van der Waals surface area contributed by atoms with Gasteiger partial charge in [0.15, 0.2) is 0 Å². The maximum absolute atomic E-state index is 12.6. The van der Waals surface area contributed by atoms with Gasteiger partial charge >= 0.3 is 0 Å². The predicted molar refractivity (Wildman–Crippen MR) is 112 cm³/mol. The maximum atomic E-state index is 12.6. The highest BCUT2D eigenvalue weighted by Crippen LogP contribution is 2.29. The molecule has 1 atom stereocenters. The van der Waals surface area contributed by atoms with Crippen molar-refractivity contribution in [1.29, 1.82) is 0 Å². The maximum Gasteiger partial charge on any atom is 0.234 e. The predicted octanol–water partition coefficient (Wildman–Crippen LogP) is 4.46. The van der Waals surface area contributed by atoms with E-state index in [1.165, 1.54) is 5.56 Å². The molecule has 1 amide bonds. The van der Waals surface area contributed by atoms with Gasteiger partial charge in [-0.3, -0.25) is 4.79 Å². The average Bonchev–Trinajstić information content (AvgIpc) is 2.66. The summed E-state index contributed by atoms with van der Waals surface area (Å²) in [7, 11) is 0. The number of carbonyl (C=O) groups is 1. The molecule has 0 heterocycles. The second-order valence-electron chi connectivity index (χ2n) is 6.54. The van der Waals surface area contributed by atoms with Gasteiger partial charge in [0, 0.05) is 0 Å². The molecule has 2 aromatic rings. The Morgan fingerprint density at radius 2 is 1.58 bits per heavy atom. The Morgan fingerprint density at radius 3 is 2.15 bits per heavy atom. The van der Waals surface area contributed by atoms with Crippen LogP contribution in [0, 0.1) is 0 Å². The zero-order chi connectivity index (χ0) is 18.0. The lowest BCUT2D eigenvalue weighted by atomic mass is 9.81. The molecule has 1 unspecified atom stereocenters. The van der Waals surface area contributed by atoms with E-state index in [1.54, 1.807) is 0 Å². The van der Waals surface area contributed by atoms with Crippen molar-refractivity contribution in [2.24, 2.45) is 0 Å². The molecule has 4 heteroatoms. The molecule has 0 aromatic heterocycles. The van der Waals surface area contributed by atoms with Crippen LogP contribution in [0.3, 0.4) is 0 Å². The molecule has 0 bridgehead atoms. The van der Waals surface area contributed by atoms with E-state index >= 15 is 0 Å². The lowest BCUT2D eigenvalue weighted by Gasteiger charge is -2.35. The summed E-state index contributed by atoms with van der Waals surface area (Å²) in [5, 5.41) is 6.56. The Balaban J connectivity index is 0.00000338. The van der Waals surface area contributed by atoms with Crippen LogP contribution in [0.15, 0.2) is 60.7 Å². The van der Waals surface area contributed by atoms with Crippen molar-refractivity contribution in [3.63, 3.8) is 0 Å². The highest BCUT2D eigenvalue weighted by atomic mass is 35.5. The van der Waals surface area contributed by atoms with Crippen LogP contribution >= 0.6 is 12.4 Å². The molecule has 0 aliphatic heterocycles. The van der Waals surface area contributed by atoms with Gasteiger partial charge in [0.25, 0.3) is 0 Å². The summed E-state index contributed by atoms with van der Waals surface area (Å²) >= 11 is 0. The van der Waals surface area contributed by atoms with Gasteiger partial charge in [0.1, 0.15) is 0 Å². The van der Waals surface area contributed by atoms with Crippen LogP contribution in [-0.4, -0.2) is 19.0 Å². The molecule has 142 valence electrons. The largest absolute Gasteiger partial charge is 0.345 e. The van der Waals surface area contributed by atoms with Crippen molar-refractivity contribution in [2.45, 2.75) is 45.1 Å². The Hall–Kier alpha value is -1.84. The van der Waals surface area contributed by atoms with Crippen LogP contribution < -0.4 is 10.6 Å². The Labute approximate surface area is 164 Å². The molecular formula is C22H31ClN2O. The first kappa shape index (κ1) is 22.2. The van der Waals surface area contributed by atoms with E-state index < -0.39 is 0 Å². The summed E-state index contributed by atoms with van der Waals surface area (Å²) in [4.78, 5) is 12.6. The van der Waals surface area contributed by atoms with Gasteiger partial charge in [0.05, 0.1) is 12.1 Å². The topological polar surface area (TPSA) is 41.1 Å². The zero-order valence-electron chi connectivity index (χ0n) is 15.8. The second-order valence-corrected chi connectivity index (χ2v) is 6.54. The average molecular weight is 375 g/mol. The van der Waals surface area contributed by atoms with Crippen molar-refractivity contribution in [2.75, 3.05) is 13.1 Å². The number of carbonyl (C=O) groups excluding carboxylic acids is 1. The van der Waals surface area contributed by atoms with Crippen LogP contribution in [0.1, 0.15) is 44.2 Å². The van der Waals surface area contributed by atoms with E-state index in [9.17, 15) is 4.79 Å². The van der Waals surface area contributed by atoms with Gasteiger partial charge in [-0.1, -0.05) is 80.9 Å². The number of nitrogens with one attached hydrogen (secondary N) is 2. The normalized spacial score (nSPS) is 12.7. The monoisotopic (exact) mass is 374 g/mol. The van der Waals surface area contributed by atoms with Crippen LogP contribution in [0.25, 0.3) is 0 Å². The van der Waals surface area contributed by atoms with Crippen molar-refractivity contribution in [3.05, 3.63) is 71.8 Å². The summed E-state index contributed by atoms with van der Waals surface area (Å²) in [6.07, 6.45) is 3.85. The molecule has 2 N–H and O–H groups in total. The first-order chi connectivity index (χ1) is 12.2. The highest BCUT2D eigenvalue weighted by Gasteiger charge is 2.32. The molecule has 2 rings (SSSR count). The number of amides is 1. The lowest BCUT2D eigenvalue weighted by Crippen LogP contribution is -2.50. The highest BCUT2D eigenvalue weighted by molar-refractivity contribution is 5.85. The summed E-state index contributed by atoms with van der Waals surface area (Å²) in [5.74, 6) is 0.0535. The third kappa shape index (κ3) is 6.47. The van der Waals surface area contributed by atoms with E-state index in [0.29, 0.717) is 6.54 Å². The van der Waals surface area contributed by atoms with E-state index in [4.69, 9.17) is 0 Å². The summed E-state index contributed by atoms with van der Waals surface area (Å²) in [6.45, 7) is 5.54. The first-order valence-electron chi connectivity index (χ1n) is 9.31.